The molecule has 116 valence electrons. The number of ether oxygens (including phenoxy) is 1. The van der Waals surface area contributed by atoms with Gasteiger partial charge in [-0.15, -0.1) is 0 Å². The topological polar surface area (TPSA) is 65.7 Å². The summed E-state index contributed by atoms with van der Waals surface area (Å²) in [5, 5.41) is 4.32. The SMILES string of the molecule is COc1cccc(Cn2ncnc2-c2cnc(C3CC3)nc2)c1. The zero-order chi connectivity index (χ0) is 15.6. The minimum Gasteiger partial charge on any atom is -0.497 e. The molecule has 3 aromatic rings. The molecular formula is C17H17N5O. The third-order valence-corrected chi connectivity index (χ3v) is 3.95. The second-order valence-corrected chi connectivity index (χ2v) is 5.70. The standard InChI is InChI=1S/C17H17N5O/c1-23-15-4-2-3-12(7-15)10-22-17(20-11-21-22)14-8-18-16(19-9-14)13-5-6-13/h2-4,7-9,11,13H,5-6,10H2,1H3. The van der Waals surface area contributed by atoms with Gasteiger partial charge in [0.2, 0.25) is 0 Å². The van der Waals surface area contributed by atoms with Gasteiger partial charge >= 0.3 is 0 Å². The van der Waals surface area contributed by atoms with Crippen molar-refractivity contribution in [2.24, 2.45) is 0 Å². The summed E-state index contributed by atoms with van der Waals surface area (Å²) in [7, 11) is 1.67. The van der Waals surface area contributed by atoms with Gasteiger partial charge in [-0.2, -0.15) is 5.10 Å². The Kier molecular flexibility index (Phi) is 3.49. The summed E-state index contributed by atoms with van der Waals surface area (Å²) in [5.74, 6) is 3.10. The van der Waals surface area contributed by atoms with Crippen molar-refractivity contribution in [3.8, 4) is 17.1 Å². The summed E-state index contributed by atoms with van der Waals surface area (Å²) in [4.78, 5) is 13.3. The Bertz CT molecular complexity index is 808. The van der Waals surface area contributed by atoms with Gasteiger partial charge in [-0.1, -0.05) is 12.1 Å². The summed E-state index contributed by atoms with van der Waals surface area (Å²) >= 11 is 0. The second kappa shape index (κ2) is 5.79. The Hall–Kier alpha value is -2.76. The number of benzene rings is 1. The van der Waals surface area contributed by atoms with E-state index in [2.05, 4.69) is 20.1 Å². The van der Waals surface area contributed by atoms with Crippen LogP contribution in [0.3, 0.4) is 0 Å². The molecule has 1 aliphatic carbocycles. The molecule has 0 bridgehead atoms. The van der Waals surface area contributed by atoms with Crippen LogP contribution in [0.15, 0.2) is 43.0 Å². The van der Waals surface area contributed by atoms with Crippen molar-refractivity contribution in [2.45, 2.75) is 25.3 Å². The third kappa shape index (κ3) is 2.92. The second-order valence-electron chi connectivity index (χ2n) is 5.70. The van der Waals surface area contributed by atoms with Gasteiger partial charge in [0.25, 0.3) is 0 Å². The zero-order valence-corrected chi connectivity index (χ0v) is 12.9. The molecule has 0 spiro atoms. The van der Waals surface area contributed by atoms with Gasteiger partial charge in [0.1, 0.15) is 17.9 Å². The van der Waals surface area contributed by atoms with E-state index < -0.39 is 0 Å². The summed E-state index contributed by atoms with van der Waals surface area (Å²) in [6.45, 7) is 0.622. The minimum atomic E-state index is 0.554. The van der Waals surface area contributed by atoms with Crippen molar-refractivity contribution >= 4 is 0 Å². The number of methoxy groups -OCH3 is 1. The largest absolute Gasteiger partial charge is 0.497 e. The molecule has 1 saturated carbocycles. The van der Waals surface area contributed by atoms with Gasteiger partial charge in [0.15, 0.2) is 5.82 Å². The van der Waals surface area contributed by atoms with Crippen LogP contribution in [0.2, 0.25) is 0 Å². The van der Waals surface area contributed by atoms with E-state index in [1.54, 1.807) is 13.4 Å². The Balaban J connectivity index is 1.59. The molecule has 1 fully saturated rings. The molecule has 0 radical (unpaired) electrons. The van der Waals surface area contributed by atoms with Gasteiger partial charge in [-0.05, 0) is 30.5 Å². The smallest absolute Gasteiger partial charge is 0.161 e. The van der Waals surface area contributed by atoms with E-state index in [0.717, 1.165) is 28.5 Å². The highest BCUT2D eigenvalue weighted by atomic mass is 16.5. The lowest BCUT2D eigenvalue weighted by Crippen LogP contribution is -2.05. The van der Waals surface area contributed by atoms with Crippen LogP contribution in [-0.2, 0) is 6.54 Å². The molecule has 23 heavy (non-hydrogen) atoms. The minimum absolute atomic E-state index is 0.554. The highest BCUT2D eigenvalue weighted by Crippen LogP contribution is 2.37. The molecule has 0 N–H and O–H groups in total. The Morgan fingerprint density at radius 3 is 2.74 bits per heavy atom. The number of aromatic nitrogens is 5. The summed E-state index contributed by atoms with van der Waals surface area (Å²) < 4.78 is 7.12. The van der Waals surface area contributed by atoms with E-state index in [4.69, 9.17) is 4.74 Å². The van der Waals surface area contributed by atoms with Crippen LogP contribution in [0.4, 0.5) is 0 Å². The lowest BCUT2D eigenvalue weighted by Gasteiger charge is -2.08. The molecule has 0 atom stereocenters. The maximum atomic E-state index is 5.27. The first kappa shape index (κ1) is 13.9. The van der Waals surface area contributed by atoms with E-state index >= 15 is 0 Å². The molecular weight excluding hydrogens is 290 g/mol. The van der Waals surface area contributed by atoms with E-state index in [9.17, 15) is 0 Å². The van der Waals surface area contributed by atoms with E-state index in [-0.39, 0.29) is 0 Å². The van der Waals surface area contributed by atoms with Crippen LogP contribution in [0, 0.1) is 0 Å². The number of hydrogen-bond donors (Lipinski definition) is 0. The first-order chi connectivity index (χ1) is 11.3. The van der Waals surface area contributed by atoms with Gasteiger partial charge in [0.05, 0.1) is 19.2 Å². The first-order valence-electron chi connectivity index (χ1n) is 7.66. The predicted octanol–water partition coefficient (Wildman–Crippen LogP) is 2.67. The Morgan fingerprint density at radius 2 is 2.00 bits per heavy atom. The molecule has 4 rings (SSSR count). The fraction of sp³-hybridized carbons (Fsp3) is 0.294. The highest BCUT2D eigenvalue weighted by Gasteiger charge is 2.26. The maximum absolute atomic E-state index is 5.27. The molecule has 6 heteroatoms. The number of rotatable bonds is 5. The maximum Gasteiger partial charge on any atom is 0.161 e. The van der Waals surface area contributed by atoms with E-state index in [1.807, 2.05) is 41.3 Å². The van der Waals surface area contributed by atoms with Gasteiger partial charge < -0.3 is 4.74 Å². The summed E-state index contributed by atoms with van der Waals surface area (Å²) in [6, 6.07) is 7.94. The number of nitrogens with zero attached hydrogens (tertiary/aromatic N) is 5. The van der Waals surface area contributed by atoms with Crippen molar-refractivity contribution in [3.63, 3.8) is 0 Å². The van der Waals surface area contributed by atoms with Crippen LogP contribution in [0.25, 0.3) is 11.4 Å². The van der Waals surface area contributed by atoms with Gasteiger partial charge in [-0.3, -0.25) is 0 Å². The molecule has 0 amide bonds. The molecule has 0 saturated heterocycles. The lowest BCUT2D eigenvalue weighted by molar-refractivity contribution is 0.414. The van der Waals surface area contributed by atoms with Crippen molar-refractivity contribution in [2.75, 3.05) is 7.11 Å². The van der Waals surface area contributed by atoms with Gasteiger partial charge in [0, 0.05) is 18.3 Å². The van der Waals surface area contributed by atoms with E-state index in [0.29, 0.717) is 12.5 Å². The fourth-order valence-electron chi connectivity index (χ4n) is 2.55. The molecule has 1 aromatic carbocycles. The predicted molar refractivity (Wildman–Crippen MR) is 85.1 cm³/mol. The lowest BCUT2D eigenvalue weighted by atomic mass is 10.2. The Labute approximate surface area is 134 Å². The molecule has 6 nitrogen and oxygen atoms in total. The van der Waals surface area contributed by atoms with Crippen LogP contribution in [0.5, 0.6) is 5.75 Å². The average molecular weight is 307 g/mol. The third-order valence-electron chi connectivity index (χ3n) is 3.95. The Morgan fingerprint density at radius 1 is 1.17 bits per heavy atom. The highest BCUT2D eigenvalue weighted by molar-refractivity contribution is 5.52. The molecule has 2 aromatic heterocycles. The van der Waals surface area contributed by atoms with E-state index in [1.165, 1.54) is 12.8 Å². The number of hydrogen-bond acceptors (Lipinski definition) is 5. The quantitative estimate of drug-likeness (QED) is 0.725. The first-order valence-corrected chi connectivity index (χ1v) is 7.66. The average Bonchev–Trinajstić information content (AvgIpc) is 3.35. The van der Waals surface area contributed by atoms with Crippen molar-refractivity contribution in [1.29, 1.82) is 0 Å². The molecule has 2 heterocycles. The van der Waals surface area contributed by atoms with Crippen molar-refractivity contribution in [3.05, 3.63) is 54.4 Å². The van der Waals surface area contributed by atoms with Crippen molar-refractivity contribution < 1.29 is 4.74 Å². The summed E-state index contributed by atoms with van der Waals surface area (Å²) in [6.07, 6.45) is 7.64. The van der Waals surface area contributed by atoms with Crippen LogP contribution >= 0.6 is 0 Å². The monoisotopic (exact) mass is 307 g/mol. The van der Waals surface area contributed by atoms with Crippen molar-refractivity contribution in [1.82, 2.24) is 24.7 Å². The van der Waals surface area contributed by atoms with Crippen LogP contribution in [-0.4, -0.2) is 31.8 Å². The molecule has 0 aliphatic heterocycles. The molecule has 1 aliphatic rings. The summed E-state index contributed by atoms with van der Waals surface area (Å²) in [5.41, 5.74) is 1.99. The van der Waals surface area contributed by atoms with Crippen LogP contribution < -0.4 is 4.74 Å². The molecule has 0 unspecified atom stereocenters. The van der Waals surface area contributed by atoms with Crippen LogP contribution in [0.1, 0.15) is 30.1 Å². The van der Waals surface area contributed by atoms with Gasteiger partial charge in [-0.25, -0.2) is 19.6 Å². The fourth-order valence-corrected chi connectivity index (χ4v) is 2.55. The zero-order valence-electron chi connectivity index (χ0n) is 12.9. The normalized spacial score (nSPS) is 14.0.